The van der Waals surface area contributed by atoms with E-state index >= 15 is 0 Å². The molecule has 18 nitrogen and oxygen atoms in total. The van der Waals surface area contributed by atoms with Crippen molar-refractivity contribution in [2.75, 3.05) is 19.6 Å². The lowest BCUT2D eigenvalue weighted by molar-refractivity contribution is -0.136. The number of primary amides is 1. The van der Waals surface area contributed by atoms with Crippen LogP contribution in [0.15, 0.2) is 15.0 Å². The minimum atomic E-state index is -1.03. The van der Waals surface area contributed by atoms with Crippen LogP contribution in [0.25, 0.3) is 0 Å². The first-order chi connectivity index (χ1) is 25.6. The number of hydrogen-bond donors (Lipinski definition) is 9. The van der Waals surface area contributed by atoms with E-state index in [4.69, 9.17) is 40.1 Å². The molecule has 3 amide bonds. The Kier molecular flexibility index (Phi) is 24.6. The molecule has 6 atom stereocenters. The fourth-order valence-corrected chi connectivity index (χ4v) is 6.00. The normalized spacial score (nSPS) is 14.4. The average molecular weight is 779 g/mol. The number of Topliss-reactive ketones (excluding diaryl/α,β-unsaturated/α-hetero) is 3. The third-order valence-electron chi connectivity index (χ3n) is 9.09. The van der Waals surface area contributed by atoms with Gasteiger partial charge in [0, 0.05) is 62.6 Å². The van der Waals surface area contributed by atoms with Crippen LogP contribution in [0.3, 0.4) is 0 Å². The molecule has 0 aromatic heterocycles. The molecular weight excluding hydrogens is 708 g/mol. The number of ketones is 3. The average Bonchev–Trinajstić information content (AvgIpc) is 3.07. The minimum absolute atomic E-state index is 0.00894. The van der Waals surface area contributed by atoms with E-state index in [1.165, 1.54) is 0 Å². The number of amides is 3. The summed E-state index contributed by atoms with van der Waals surface area (Å²) >= 11 is 0. The molecule has 18 heteroatoms. The van der Waals surface area contributed by atoms with E-state index in [2.05, 4.69) is 25.6 Å². The third-order valence-corrected chi connectivity index (χ3v) is 9.09. The zero-order chi connectivity index (χ0) is 42.2. The first-order valence-corrected chi connectivity index (χ1v) is 19.3. The monoisotopic (exact) mass is 779 g/mol. The Bertz CT molecular complexity index is 1340. The van der Waals surface area contributed by atoms with Crippen LogP contribution in [0, 0.1) is 35.5 Å². The zero-order valence-electron chi connectivity index (χ0n) is 33.9. The van der Waals surface area contributed by atoms with Gasteiger partial charge in [-0.25, -0.2) is 0 Å². The topological polar surface area (TPSA) is 346 Å². The molecule has 55 heavy (non-hydrogen) atoms. The van der Waals surface area contributed by atoms with Crippen molar-refractivity contribution in [1.29, 1.82) is 0 Å². The van der Waals surface area contributed by atoms with Gasteiger partial charge in [0.15, 0.2) is 29.4 Å². The molecule has 0 bridgehead atoms. The van der Waals surface area contributed by atoms with Gasteiger partial charge in [-0.1, -0.05) is 41.5 Å². The van der Waals surface area contributed by atoms with E-state index in [0.29, 0.717) is 45.1 Å². The largest absolute Gasteiger partial charge is 0.370 e. The number of guanidine groups is 3. The number of carbonyl (C=O) groups is 6. The molecule has 0 heterocycles. The van der Waals surface area contributed by atoms with Gasteiger partial charge in [-0.2, -0.15) is 0 Å². The molecule has 0 aromatic rings. The van der Waals surface area contributed by atoms with Crippen molar-refractivity contribution in [1.82, 2.24) is 10.6 Å². The lowest BCUT2D eigenvalue weighted by Crippen LogP contribution is -2.48. The summed E-state index contributed by atoms with van der Waals surface area (Å²) in [5.74, 6) is -5.35. The summed E-state index contributed by atoms with van der Waals surface area (Å²) < 4.78 is 0. The molecule has 0 fully saturated rings. The van der Waals surface area contributed by atoms with Gasteiger partial charge in [0.1, 0.15) is 5.78 Å². The Morgan fingerprint density at radius 3 is 1.36 bits per heavy atom. The van der Waals surface area contributed by atoms with Crippen molar-refractivity contribution < 1.29 is 28.8 Å². The maximum atomic E-state index is 14.1. The van der Waals surface area contributed by atoms with Crippen LogP contribution in [0.2, 0.25) is 0 Å². The SMILES string of the molecule is CC(C)C[C@H](CC(=O)[C@H](CCCN=C(N)N)NC(=O)[C@H](CCCN=C(N)N)CC(=O)[C@@H](C)CCCN=C(N)N)C(=O)N[C@@H](CC(C)C)C(=O)C[C@@H](C)C(N)=O. The lowest BCUT2D eigenvalue weighted by Gasteiger charge is -2.26. The molecule has 0 aliphatic heterocycles. The Hall–Kier alpha value is -4.77. The van der Waals surface area contributed by atoms with Gasteiger partial charge in [0.05, 0.1) is 12.1 Å². The molecule has 0 radical (unpaired) electrons. The summed E-state index contributed by atoms with van der Waals surface area (Å²) in [6, 6.07) is -1.90. The fraction of sp³-hybridized carbons (Fsp3) is 0.757. The number of carbonyl (C=O) groups excluding carboxylic acids is 6. The summed E-state index contributed by atoms with van der Waals surface area (Å²) in [4.78, 5) is 91.9. The fourth-order valence-electron chi connectivity index (χ4n) is 6.00. The summed E-state index contributed by atoms with van der Waals surface area (Å²) in [5, 5.41) is 5.71. The van der Waals surface area contributed by atoms with E-state index in [9.17, 15) is 28.8 Å². The number of nitrogens with zero attached hydrogens (tertiary/aromatic N) is 3. The zero-order valence-corrected chi connectivity index (χ0v) is 33.9. The number of rotatable bonds is 30. The van der Waals surface area contributed by atoms with Gasteiger partial charge < -0.3 is 50.8 Å². The molecule has 0 aromatic carbocycles. The molecule has 0 rings (SSSR count). The highest BCUT2D eigenvalue weighted by molar-refractivity contribution is 5.96. The molecule has 16 N–H and O–H groups in total. The Morgan fingerprint density at radius 1 is 0.473 bits per heavy atom. The second-order valence-electron chi connectivity index (χ2n) is 15.3. The Balaban J connectivity index is 6.34. The van der Waals surface area contributed by atoms with Crippen LogP contribution in [0.5, 0.6) is 0 Å². The predicted octanol–water partition coefficient (Wildman–Crippen LogP) is 0.0765. The second-order valence-corrected chi connectivity index (χ2v) is 15.3. The Labute approximate surface area is 326 Å². The number of aliphatic imine (C=N–C) groups is 3. The van der Waals surface area contributed by atoms with Crippen molar-refractivity contribution in [3.8, 4) is 0 Å². The van der Waals surface area contributed by atoms with Crippen LogP contribution in [-0.2, 0) is 28.8 Å². The predicted molar refractivity (Wildman–Crippen MR) is 216 cm³/mol. The summed E-state index contributed by atoms with van der Waals surface area (Å²) in [5.41, 5.74) is 38.1. The van der Waals surface area contributed by atoms with Gasteiger partial charge >= 0.3 is 0 Å². The van der Waals surface area contributed by atoms with E-state index in [0.717, 1.165) is 0 Å². The smallest absolute Gasteiger partial charge is 0.224 e. The van der Waals surface area contributed by atoms with Crippen molar-refractivity contribution in [3.05, 3.63) is 0 Å². The first-order valence-electron chi connectivity index (χ1n) is 19.3. The summed E-state index contributed by atoms with van der Waals surface area (Å²) in [6.07, 6.45) is 2.47. The number of nitrogens with two attached hydrogens (primary N) is 7. The van der Waals surface area contributed by atoms with E-state index in [-0.39, 0.29) is 92.4 Å². The van der Waals surface area contributed by atoms with Gasteiger partial charge in [-0.3, -0.25) is 43.7 Å². The van der Waals surface area contributed by atoms with Crippen LogP contribution in [0.4, 0.5) is 0 Å². The maximum Gasteiger partial charge on any atom is 0.224 e. The molecular formula is C37H70N12O6. The van der Waals surface area contributed by atoms with Gasteiger partial charge in [0.2, 0.25) is 17.7 Å². The van der Waals surface area contributed by atoms with Crippen molar-refractivity contribution >= 4 is 52.9 Å². The number of nitrogens with one attached hydrogen (secondary N) is 2. The lowest BCUT2D eigenvalue weighted by atomic mass is 9.87. The summed E-state index contributed by atoms with van der Waals surface area (Å²) in [7, 11) is 0. The van der Waals surface area contributed by atoms with Crippen LogP contribution < -0.4 is 50.8 Å². The van der Waals surface area contributed by atoms with Crippen molar-refractivity contribution in [2.45, 2.75) is 124 Å². The Morgan fingerprint density at radius 2 is 0.891 bits per heavy atom. The van der Waals surface area contributed by atoms with E-state index < -0.39 is 53.3 Å². The molecule has 0 aliphatic carbocycles. The third kappa shape index (κ3) is 23.6. The molecule has 0 aliphatic rings. The van der Waals surface area contributed by atoms with Gasteiger partial charge in [-0.15, -0.1) is 0 Å². The standard InChI is InChI=1S/C37H70N12O6/c1-21(2)16-26(34(55)49-28(17-22(3)4)30(51)18-24(6)32(38)53)20-31(52)27(12-9-15-47-37(43)44)48-33(54)25(11-8-14-46-36(41)42)19-29(50)23(5)10-7-13-45-35(39)40/h21-28H,7-20H2,1-6H3,(H2,38,53)(H,48,54)(H,49,55)(H4,39,40,45)(H4,41,42,46)(H4,43,44,47)/t23-,24+,25+,26+,27-,28-/m0/s1. The number of hydrogen-bond acceptors (Lipinski definition) is 9. The van der Waals surface area contributed by atoms with Crippen molar-refractivity contribution in [2.24, 2.45) is 90.6 Å². The van der Waals surface area contributed by atoms with Crippen LogP contribution in [0.1, 0.15) is 112 Å². The molecule has 314 valence electrons. The second kappa shape index (κ2) is 26.9. The van der Waals surface area contributed by atoms with Gasteiger partial charge in [0.25, 0.3) is 0 Å². The van der Waals surface area contributed by atoms with Crippen LogP contribution in [-0.4, -0.2) is 84.7 Å². The minimum Gasteiger partial charge on any atom is -0.370 e. The van der Waals surface area contributed by atoms with E-state index in [1.54, 1.807) is 13.8 Å². The molecule has 0 spiro atoms. The quantitative estimate of drug-likeness (QED) is 0.0266. The molecule has 0 saturated carbocycles. The molecule has 0 unspecified atom stereocenters. The van der Waals surface area contributed by atoms with Crippen LogP contribution >= 0.6 is 0 Å². The first kappa shape index (κ1) is 50.2. The molecule has 0 saturated heterocycles. The maximum absolute atomic E-state index is 14.1. The van der Waals surface area contributed by atoms with Gasteiger partial charge in [-0.05, 0) is 63.2 Å². The highest BCUT2D eigenvalue weighted by Crippen LogP contribution is 2.22. The highest BCUT2D eigenvalue weighted by atomic mass is 16.2. The van der Waals surface area contributed by atoms with E-state index in [1.807, 2.05) is 27.7 Å². The summed E-state index contributed by atoms with van der Waals surface area (Å²) in [6.45, 7) is 11.8. The van der Waals surface area contributed by atoms with Crippen molar-refractivity contribution in [3.63, 3.8) is 0 Å². The highest BCUT2D eigenvalue weighted by Gasteiger charge is 2.33.